The number of rotatable bonds is 2. The second kappa shape index (κ2) is 6.07. The van der Waals surface area contributed by atoms with Gasteiger partial charge in [0.1, 0.15) is 0 Å². The van der Waals surface area contributed by atoms with Crippen LogP contribution in [0.1, 0.15) is 16.8 Å². The van der Waals surface area contributed by atoms with Gasteiger partial charge in [0, 0.05) is 38.8 Å². The Morgan fingerprint density at radius 2 is 1.95 bits per heavy atom. The van der Waals surface area contributed by atoms with Crippen LogP contribution in [0.4, 0.5) is 8.78 Å². The van der Waals surface area contributed by atoms with Gasteiger partial charge in [-0.05, 0) is 25.1 Å². The standard InChI is InChI=1S/C15H19F2N3O/c16-13-3-1-2-12(14(13)17)15(21)20-8-6-19(7-9-20)11-4-5-18-10-11/h1-3,11,18H,4-10H2. The van der Waals surface area contributed by atoms with Crippen molar-refractivity contribution in [3.63, 3.8) is 0 Å². The van der Waals surface area contributed by atoms with Gasteiger partial charge in [-0.1, -0.05) is 6.07 Å². The Hall–Kier alpha value is -1.53. The van der Waals surface area contributed by atoms with Crippen LogP contribution in [0.25, 0.3) is 0 Å². The third kappa shape index (κ3) is 2.91. The molecule has 2 heterocycles. The molecule has 2 aliphatic heterocycles. The van der Waals surface area contributed by atoms with Crippen LogP contribution in [-0.4, -0.2) is 61.0 Å². The lowest BCUT2D eigenvalue weighted by atomic mass is 10.1. The fourth-order valence-electron chi connectivity index (χ4n) is 3.08. The average molecular weight is 295 g/mol. The fraction of sp³-hybridized carbons (Fsp3) is 0.533. The van der Waals surface area contributed by atoms with Gasteiger partial charge in [-0.15, -0.1) is 0 Å². The molecule has 0 bridgehead atoms. The minimum Gasteiger partial charge on any atom is -0.336 e. The number of piperazine rings is 1. The van der Waals surface area contributed by atoms with Crippen molar-refractivity contribution < 1.29 is 13.6 Å². The topological polar surface area (TPSA) is 35.6 Å². The van der Waals surface area contributed by atoms with Crippen molar-refractivity contribution in [2.45, 2.75) is 12.5 Å². The lowest BCUT2D eigenvalue weighted by molar-refractivity contribution is 0.0578. The molecule has 1 amide bonds. The van der Waals surface area contributed by atoms with Crippen LogP contribution < -0.4 is 5.32 Å². The third-order valence-electron chi connectivity index (χ3n) is 4.33. The van der Waals surface area contributed by atoms with Crippen molar-refractivity contribution in [3.8, 4) is 0 Å². The quantitative estimate of drug-likeness (QED) is 0.887. The first-order chi connectivity index (χ1) is 10.2. The predicted octanol–water partition coefficient (Wildman–Crippen LogP) is 1.08. The van der Waals surface area contributed by atoms with E-state index in [0.717, 1.165) is 38.7 Å². The minimum atomic E-state index is -1.05. The summed E-state index contributed by atoms with van der Waals surface area (Å²) in [6, 6.07) is 4.27. The summed E-state index contributed by atoms with van der Waals surface area (Å²) in [4.78, 5) is 16.3. The van der Waals surface area contributed by atoms with Gasteiger partial charge in [-0.25, -0.2) is 8.78 Å². The van der Waals surface area contributed by atoms with Crippen molar-refractivity contribution in [3.05, 3.63) is 35.4 Å². The van der Waals surface area contributed by atoms with E-state index >= 15 is 0 Å². The summed E-state index contributed by atoms with van der Waals surface area (Å²) in [5.41, 5.74) is -0.175. The fourth-order valence-corrected chi connectivity index (χ4v) is 3.08. The van der Waals surface area contributed by atoms with Gasteiger partial charge < -0.3 is 10.2 Å². The van der Waals surface area contributed by atoms with Gasteiger partial charge in [0.25, 0.3) is 5.91 Å². The van der Waals surface area contributed by atoms with Crippen LogP contribution in [0.5, 0.6) is 0 Å². The van der Waals surface area contributed by atoms with E-state index in [1.807, 2.05) is 0 Å². The van der Waals surface area contributed by atoms with Crippen LogP contribution in [0, 0.1) is 11.6 Å². The molecule has 21 heavy (non-hydrogen) atoms. The molecule has 1 aromatic carbocycles. The second-order valence-electron chi connectivity index (χ2n) is 5.58. The van der Waals surface area contributed by atoms with Gasteiger partial charge >= 0.3 is 0 Å². The van der Waals surface area contributed by atoms with Crippen LogP contribution >= 0.6 is 0 Å². The van der Waals surface area contributed by atoms with Crippen molar-refractivity contribution in [2.24, 2.45) is 0 Å². The molecule has 4 nitrogen and oxygen atoms in total. The highest BCUT2D eigenvalue weighted by Gasteiger charge is 2.29. The van der Waals surface area contributed by atoms with E-state index in [2.05, 4.69) is 10.2 Å². The molecule has 0 radical (unpaired) electrons. The van der Waals surface area contributed by atoms with Gasteiger partial charge in [0.05, 0.1) is 5.56 Å². The van der Waals surface area contributed by atoms with Crippen LogP contribution in [0.2, 0.25) is 0 Å². The molecule has 1 unspecified atom stereocenters. The zero-order valence-electron chi connectivity index (χ0n) is 11.8. The van der Waals surface area contributed by atoms with E-state index in [1.165, 1.54) is 12.1 Å². The Morgan fingerprint density at radius 3 is 2.62 bits per heavy atom. The second-order valence-corrected chi connectivity index (χ2v) is 5.58. The molecule has 0 aromatic heterocycles. The molecule has 1 atom stereocenters. The van der Waals surface area contributed by atoms with E-state index in [1.54, 1.807) is 4.90 Å². The maximum absolute atomic E-state index is 13.7. The molecule has 0 aliphatic carbocycles. The zero-order chi connectivity index (χ0) is 14.8. The summed E-state index contributed by atoms with van der Waals surface area (Å²) < 4.78 is 26.9. The van der Waals surface area contributed by atoms with E-state index in [4.69, 9.17) is 0 Å². The molecule has 0 saturated carbocycles. The van der Waals surface area contributed by atoms with Gasteiger partial charge in [0.2, 0.25) is 0 Å². The monoisotopic (exact) mass is 295 g/mol. The van der Waals surface area contributed by atoms with Gasteiger partial charge in [-0.2, -0.15) is 0 Å². The maximum atomic E-state index is 13.7. The predicted molar refractivity (Wildman–Crippen MR) is 75.1 cm³/mol. The Bertz CT molecular complexity index is 524. The first-order valence-corrected chi connectivity index (χ1v) is 7.35. The summed E-state index contributed by atoms with van der Waals surface area (Å²) in [6.45, 7) is 4.73. The zero-order valence-corrected chi connectivity index (χ0v) is 11.8. The molecule has 0 spiro atoms. The Balaban J connectivity index is 1.63. The highest BCUT2D eigenvalue weighted by Crippen LogP contribution is 2.17. The Labute approximate surface area is 122 Å². The molecule has 3 rings (SSSR count). The van der Waals surface area contributed by atoms with Crippen molar-refractivity contribution in [1.29, 1.82) is 0 Å². The number of hydrogen-bond acceptors (Lipinski definition) is 3. The molecule has 2 saturated heterocycles. The highest BCUT2D eigenvalue weighted by molar-refractivity contribution is 5.94. The van der Waals surface area contributed by atoms with E-state index < -0.39 is 17.5 Å². The SMILES string of the molecule is O=C(c1cccc(F)c1F)N1CCN(C2CCNC2)CC1. The molecular formula is C15H19F2N3O. The lowest BCUT2D eigenvalue weighted by Gasteiger charge is -2.37. The maximum Gasteiger partial charge on any atom is 0.257 e. The number of carbonyl (C=O) groups is 1. The molecular weight excluding hydrogens is 276 g/mol. The molecule has 1 N–H and O–H groups in total. The third-order valence-corrected chi connectivity index (χ3v) is 4.33. The minimum absolute atomic E-state index is 0.175. The number of carbonyl (C=O) groups excluding carboxylic acids is 1. The number of amides is 1. The van der Waals surface area contributed by atoms with E-state index in [0.29, 0.717) is 19.1 Å². The first-order valence-electron chi connectivity index (χ1n) is 7.35. The number of halogens is 2. The average Bonchev–Trinajstić information content (AvgIpc) is 3.04. The van der Waals surface area contributed by atoms with Crippen LogP contribution in [0.15, 0.2) is 18.2 Å². The number of nitrogens with one attached hydrogen (secondary N) is 1. The lowest BCUT2D eigenvalue weighted by Crippen LogP contribution is -2.52. The molecule has 1 aromatic rings. The van der Waals surface area contributed by atoms with Crippen molar-refractivity contribution in [2.75, 3.05) is 39.3 Å². The summed E-state index contributed by atoms with van der Waals surface area (Å²) in [5, 5.41) is 3.33. The summed E-state index contributed by atoms with van der Waals surface area (Å²) in [6.07, 6.45) is 1.13. The van der Waals surface area contributed by atoms with Crippen molar-refractivity contribution >= 4 is 5.91 Å². The Kier molecular flexibility index (Phi) is 4.17. The highest BCUT2D eigenvalue weighted by atomic mass is 19.2. The largest absolute Gasteiger partial charge is 0.336 e. The normalized spacial score (nSPS) is 23.5. The summed E-state index contributed by atoms with van der Waals surface area (Å²) >= 11 is 0. The van der Waals surface area contributed by atoms with Gasteiger partial charge in [-0.3, -0.25) is 9.69 Å². The van der Waals surface area contributed by atoms with Crippen LogP contribution in [0.3, 0.4) is 0 Å². The number of nitrogens with zero attached hydrogens (tertiary/aromatic N) is 2. The molecule has 2 aliphatic rings. The summed E-state index contributed by atoms with van der Waals surface area (Å²) in [7, 11) is 0. The van der Waals surface area contributed by atoms with Gasteiger partial charge in [0.15, 0.2) is 11.6 Å². The molecule has 2 fully saturated rings. The van der Waals surface area contributed by atoms with Crippen molar-refractivity contribution in [1.82, 2.24) is 15.1 Å². The van der Waals surface area contributed by atoms with E-state index in [-0.39, 0.29) is 5.56 Å². The number of benzene rings is 1. The smallest absolute Gasteiger partial charge is 0.257 e. The molecule has 6 heteroatoms. The van der Waals surface area contributed by atoms with Crippen LogP contribution in [-0.2, 0) is 0 Å². The first kappa shape index (κ1) is 14.4. The number of hydrogen-bond donors (Lipinski definition) is 1. The molecule has 114 valence electrons. The summed E-state index contributed by atoms with van der Waals surface area (Å²) in [5.74, 6) is -2.45. The van der Waals surface area contributed by atoms with E-state index in [9.17, 15) is 13.6 Å². The Morgan fingerprint density at radius 1 is 1.19 bits per heavy atom.